The third kappa shape index (κ3) is 7.09. The Balaban J connectivity index is 1.43. The lowest BCUT2D eigenvalue weighted by molar-refractivity contribution is -0.120. The summed E-state index contributed by atoms with van der Waals surface area (Å²) in [5.74, 6) is 0.804. The Morgan fingerprint density at radius 2 is 1.71 bits per heavy atom. The average Bonchev–Trinajstić information content (AvgIpc) is 2.86. The van der Waals surface area contributed by atoms with Gasteiger partial charge in [-0.3, -0.25) is 9.59 Å². The largest absolute Gasteiger partial charge is 0.493 e. The van der Waals surface area contributed by atoms with E-state index in [4.69, 9.17) is 14.2 Å². The topological polar surface area (TPSA) is 98.2 Å². The fourth-order valence-electron chi connectivity index (χ4n) is 3.08. The third-order valence-electron chi connectivity index (χ3n) is 4.83. The van der Waals surface area contributed by atoms with Crippen LogP contribution in [-0.4, -0.2) is 38.8 Å². The number of methoxy groups -OCH3 is 2. The molecule has 176 valence electrons. The lowest BCUT2D eigenvalue weighted by Gasteiger charge is -2.09. The SMILES string of the molecule is COc1ccc(C(=O)NCC(=O)N/N=C/c2ccc(OCc3cccc(C)c3)cc2)cc1OC. The minimum absolute atomic E-state index is 0.226. The van der Waals surface area contributed by atoms with Gasteiger partial charge in [-0.25, -0.2) is 5.43 Å². The molecule has 8 heteroatoms. The highest BCUT2D eigenvalue weighted by molar-refractivity contribution is 5.97. The van der Waals surface area contributed by atoms with E-state index < -0.39 is 11.8 Å². The van der Waals surface area contributed by atoms with E-state index >= 15 is 0 Å². The maximum Gasteiger partial charge on any atom is 0.259 e. The van der Waals surface area contributed by atoms with E-state index in [-0.39, 0.29) is 6.54 Å². The highest BCUT2D eigenvalue weighted by Crippen LogP contribution is 2.27. The number of carbonyl (C=O) groups is 2. The van der Waals surface area contributed by atoms with Gasteiger partial charge in [0.15, 0.2) is 11.5 Å². The lowest BCUT2D eigenvalue weighted by atomic mass is 10.1. The van der Waals surface area contributed by atoms with E-state index in [0.717, 1.165) is 16.9 Å². The number of ether oxygens (including phenoxy) is 3. The number of amides is 2. The molecule has 34 heavy (non-hydrogen) atoms. The van der Waals surface area contributed by atoms with Crippen molar-refractivity contribution in [2.24, 2.45) is 5.10 Å². The first-order valence-corrected chi connectivity index (χ1v) is 10.6. The highest BCUT2D eigenvalue weighted by atomic mass is 16.5. The summed E-state index contributed by atoms with van der Waals surface area (Å²) in [7, 11) is 2.99. The van der Waals surface area contributed by atoms with E-state index in [1.807, 2.05) is 49.4 Å². The number of nitrogens with zero attached hydrogens (tertiary/aromatic N) is 1. The Morgan fingerprint density at radius 1 is 0.941 bits per heavy atom. The van der Waals surface area contributed by atoms with Crippen molar-refractivity contribution in [3.8, 4) is 17.2 Å². The first-order chi connectivity index (χ1) is 16.5. The minimum atomic E-state index is -0.455. The number of benzene rings is 3. The van der Waals surface area contributed by atoms with Crippen LogP contribution in [0.25, 0.3) is 0 Å². The summed E-state index contributed by atoms with van der Waals surface area (Å²) in [5.41, 5.74) is 5.81. The smallest absolute Gasteiger partial charge is 0.259 e. The molecule has 0 aliphatic carbocycles. The molecule has 3 aromatic carbocycles. The molecule has 0 spiro atoms. The summed E-state index contributed by atoms with van der Waals surface area (Å²) < 4.78 is 16.1. The quantitative estimate of drug-likeness (QED) is 0.356. The van der Waals surface area contributed by atoms with Gasteiger partial charge < -0.3 is 19.5 Å². The molecule has 3 aromatic rings. The molecule has 0 saturated heterocycles. The standard InChI is InChI=1S/C26H27N3O5/c1-18-5-4-6-20(13-18)17-34-22-10-7-19(8-11-22)15-28-29-25(30)16-27-26(31)21-9-12-23(32-2)24(14-21)33-3/h4-15H,16-17H2,1-3H3,(H,27,31)(H,29,30)/b28-15+. The first kappa shape index (κ1) is 24.3. The van der Waals surface area contributed by atoms with Crippen LogP contribution < -0.4 is 25.0 Å². The van der Waals surface area contributed by atoms with E-state index in [9.17, 15) is 9.59 Å². The molecular weight excluding hydrogens is 434 g/mol. The summed E-state index contributed by atoms with van der Waals surface area (Å²) in [6, 6.07) is 20.2. The van der Waals surface area contributed by atoms with Crippen molar-refractivity contribution < 1.29 is 23.8 Å². The van der Waals surface area contributed by atoms with Crippen molar-refractivity contribution in [1.29, 1.82) is 0 Å². The Labute approximate surface area is 198 Å². The van der Waals surface area contributed by atoms with Gasteiger partial charge in [-0.15, -0.1) is 0 Å². The fraction of sp³-hybridized carbons (Fsp3) is 0.192. The summed E-state index contributed by atoms with van der Waals surface area (Å²) in [6.07, 6.45) is 1.51. The van der Waals surface area contributed by atoms with Crippen LogP contribution in [0.2, 0.25) is 0 Å². The molecule has 0 heterocycles. The van der Waals surface area contributed by atoms with Crippen molar-refractivity contribution in [3.05, 3.63) is 89.0 Å². The van der Waals surface area contributed by atoms with Gasteiger partial charge >= 0.3 is 0 Å². The van der Waals surface area contributed by atoms with Crippen LogP contribution in [0.4, 0.5) is 0 Å². The van der Waals surface area contributed by atoms with Crippen LogP contribution in [0.1, 0.15) is 27.0 Å². The highest BCUT2D eigenvalue weighted by Gasteiger charge is 2.11. The van der Waals surface area contributed by atoms with Gasteiger partial charge in [0.05, 0.1) is 27.0 Å². The second kappa shape index (κ2) is 12.1. The normalized spacial score (nSPS) is 10.6. The van der Waals surface area contributed by atoms with Crippen molar-refractivity contribution in [2.75, 3.05) is 20.8 Å². The maximum atomic E-state index is 12.3. The molecule has 0 unspecified atom stereocenters. The maximum absolute atomic E-state index is 12.3. The Kier molecular flexibility index (Phi) is 8.62. The minimum Gasteiger partial charge on any atom is -0.493 e. The molecule has 8 nitrogen and oxygen atoms in total. The van der Waals surface area contributed by atoms with Crippen LogP contribution in [-0.2, 0) is 11.4 Å². The number of carbonyl (C=O) groups excluding carboxylic acids is 2. The fourth-order valence-corrected chi connectivity index (χ4v) is 3.08. The van der Waals surface area contributed by atoms with E-state index in [2.05, 4.69) is 21.9 Å². The number of aryl methyl sites for hydroxylation is 1. The summed E-state index contributed by atoms with van der Waals surface area (Å²) >= 11 is 0. The molecule has 0 atom stereocenters. The van der Waals surface area contributed by atoms with Crippen molar-refractivity contribution in [2.45, 2.75) is 13.5 Å². The molecule has 2 N–H and O–H groups in total. The van der Waals surface area contributed by atoms with Crippen molar-refractivity contribution >= 4 is 18.0 Å². The van der Waals surface area contributed by atoms with Gasteiger partial charge in [0.25, 0.3) is 11.8 Å². The summed E-state index contributed by atoms with van der Waals surface area (Å²) in [4.78, 5) is 24.3. The molecule has 0 aliphatic rings. The van der Waals surface area contributed by atoms with Crippen molar-refractivity contribution in [3.63, 3.8) is 0 Å². The van der Waals surface area contributed by atoms with Gasteiger partial charge in [-0.1, -0.05) is 29.8 Å². The molecular formula is C26H27N3O5. The van der Waals surface area contributed by atoms with Gasteiger partial charge in [-0.2, -0.15) is 5.10 Å². The molecule has 0 bridgehead atoms. The van der Waals surface area contributed by atoms with Gasteiger partial charge in [0, 0.05) is 5.56 Å². The Bertz CT molecular complexity index is 1160. The second-order valence-corrected chi connectivity index (χ2v) is 7.39. The lowest BCUT2D eigenvalue weighted by Crippen LogP contribution is -2.34. The van der Waals surface area contributed by atoms with E-state index in [1.54, 1.807) is 18.2 Å². The first-order valence-electron chi connectivity index (χ1n) is 10.6. The monoisotopic (exact) mass is 461 g/mol. The number of hydrogen-bond donors (Lipinski definition) is 2. The molecule has 0 fully saturated rings. The van der Waals surface area contributed by atoms with Crippen LogP contribution in [0, 0.1) is 6.92 Å². The number of nitrogens with one attached hydrogen (secondary N) is 2. The zero-order chi connectivity index (χ0) is 24.3. The molecule has 3 rings (SSSR count). The molecule has 0 aliphatic heterocycles. The predicted molar refractivity (Wildman–Crippen MR) is 130 cm³/mol. The molecule has 0 aromatic heterocycles. The number of hydrazone groups is 1. The van der Waals surface area contributed by atoms with Gasteiger partial charge in [0.2, 0.25) is 0 Å². The van der Waals surface area contributed by atoms with Crippen LogP contribution in [0.15, 0.2) is 71.8 Å². The van der Waals surface area contributed by atoms with Crippen LogP contribution in [0.5, 0.6) is 17.2 Å². The van der Waals surface area contributed by atoms with Gasteiger partial charge in [-0.05, 0) is 60.5 Å². The van der Waals surface area contributed by atoms with E-state index in [0.29, 0.717) is 23.7 Å². The zero-order valence-corrected chi connectivity index (χ0v) is 19.3. The van der Waals surface area contributed by atoms with Crippen LogP contribution >= 0.6 is 0 Å². The third-order valence-corrected chi connectivity index (χ3v) is 4.83. The summed E-state index contributed by atoms with van der Waals surface area (Å²) in [6.45, 7) is 2.30. The summed E-state index contributed by atoms with van der Waals surface area (Å²) in [5, 5.41) is 6.46. The number of hydrogen-bond acceptors (Lipinski definition) is 6. The predicted octanol–water partition coefficient (Wildman–Crippen LogP) is 3.47. The number of rotatable bonds is 10. The van der Waals surface area contributed by atoms with E-state index in [1.165, 1.54) is 26.0 Å². The average molecular weight is 462 g/mol. The zero-order valence-electron chi connectivity index (χ0n) is 19.3. The van der Waals surface area contributed by atoms with Crippen molar-refractivity contribution in [1.82, 2.24) is 10.7 Å². The van der Waals surface area contributed by atoms with Crippen LogP contribution in [0.3, 0.4) is 0 Å². The molecule has 0 radical (unpaired) electrons. The Hall–Kier alpha value is -4.33. The second-order valence-electron chi connectivity index (χ2n) is 7.39. The Morgan fingerprint density at radius 3 is 2.41 bits per heavy atom. The van der Waals surface area contributed by atoms with Gasteiger partial charge in [0.1, 0.15) is 12.4 Å². The molecule has 2 amide bonds. The molecule has 0 saturated carbocycles.